The fraction of sp³-hybridized carbons (Fsp3) is 0.923. The average molecular weight is 211 g/mol. The lowest BCUT2D eigenvalue weighted by Gasteiger charge is -2.32. The number of likely N-dealkylation sites (tertiary alicyclic amines) is 1. The standard InChI is InChI=1S/C13H25NO/c1-6-11(13(3,4)5)12(15)14-8-7-10(2)9-14/h10-11H,6-9H2,1-5H3. The van der Waals surface area contributed by atoms with E-state index in [9.17, 15) is 4.79 Å². The van der Waals surface area contributed by atoms with Gasteiger partial charge < -0.3 is 4.90 Å². The van der Waals surface area contributed by atoms with Crippen molar-refractivity contribution in [2.45, 2.75) is 47.5 Å². The number of carbonyl (C=O) groups excluding carboxylic acids is 1. The Bertz CT molecular complexity index is 229. The van der Waals surface area contributed by atoms with Gasteiger partial charge in [-0.2, -0.15) is 0 Å². The summed E-state index contributed by atoms with van der Waals surface area (Å²) in [6, 6.07) is 0. The number of carbonyl (C=O) groups is 1. The van der Waals surface area contributed by atoms with E-state index in [4.69, 9.17) is 0 Å². The minimum Gasteiger partial charge on any atom is -0.342 e. The van der Waals surface area contributed by atoms with Crippen molar-refractivity contribution in [2.75, 3.05) is 13.1 Å². The second-order valence-electron chi connectivity index (χ2n) is 6.00. The number of rotatable bonds is 2. The first-order valence-electron chi connectivity index (χ1n) is 6.15. The quantitative estimate of drug-likeness (QED) is 0.687. The molecular weight excluding hydrogens is 186 g/mol. The van der Waals surface area contributed by atoms with Crippen LogP contribution in [0, 0.1) is 17.3 Å². The van der Waals surface area contributed by atoms with Crippen molar-refractivity contribution in [2.24, 2.45) is 17.3 Å². The molecule has 0 aromatic carbocycles. The number of hydrogen-bond acceptors (Lipinski definition) is 1. The molecule has 1 fully saturated rings. The molecule has 88 valence electrons. The van der Waals surface area contributed by atoms with Gasteiger partial charge in [0.1, 0.15) is 0 Å². The van der Waals surface area contributed by atoms with Gasteiger partial charge in [-0.3, -0.25) is 4.79 Å². The van der Waals surface area contributed by atoms with Crippen molar-refractivity contribution >= 4 is 5.91 Å². The second kappa shape index (κ2) is 4.54. The molecule has 1 saturated heterocycles. The Morgan fingerprint density at radius 3 is 2.40 bits per heavy atom. The summed E-state index contributed by atoms with van der Waals surface area (Å²) in [7, 11) is 0. The maximum absolute atomic E-state index is 12.3. The first kappa shape index (κ1) is 12.5. The highest BCUT2D eigenvalue weighted by atomic mass is 16.2. The normalized spacial score (nSPS) is 24.3. The Labute approximate surface area is 94.0 Å². The van der Waals surface area contributed by atoms with Crippen LogP contribution in [0.25, 0.3) is 0 Å². The third-order valence-corrected chi connectivity index (χ3v) is 3.49. The molecule has 0 aromatic rings. The lowest BCUT2D eigenvalue weighted by atomic mass is 9.78. The number of amides is 1. The lowest BCUT2D eigenvalue weighted by molar-refractivity contribution is -0.138. The summed E-state index contributed by atoms with van der Waals surface area (Å²) in [4.78, 5) is 14.4. The second-order valence-corrected chi connectivity index (χ2v) is 6.00. The summed E-state index contributed by atoms with van der Waals surface area (Å²) >= 11 is 0. The van der Waals surface area contributed by atoms with Gasteiger partial charge in [-0.1, -0.05) is 34.6 Å². The summed E-state index contributed by atoms with van der Waals surface area (Å²) < 4.78 is 0. The Kier molecular flexibility index (Phi) is 3.80. The zero-order chi connectivity index (χ0) is 11.6. The monoisotopic (exact) mass is 211 g/mol. The molecule has 1 heterocycles. The number of nitrogens with zero attached hydrogens (tertiary/aromatic N) is 1. The lowest BCUT2D eigenvalue weighted by Crippen LogP contribution is -2.39. The van der Waals surface area contributed by atoms with Crippen molar-refractivity contribution in [1.29, 1.82) is 0 Å². The first-order chi connectivity index (χ1) is 6.86. The molecule has 1 aliphatic heterocycles. The summed E-state index contributed by atoms with van der Waals surface area (Å²) in [6.45, 7) is 12.8. The highest BCUT2D eigenvalue weighted by Gasteiger charge is 2.34. The van der Waals surface area contributed by atoms with E-state index in [0.717, 1.165) is 19.5 Å². The molecule has 0 saturated carbocycles. The molecular formula is C13H25NO. The van der Waals surface area contributed by atoms with Crippen LogP contribution < -0.4 is 0 Å². The van der Waals surface area contributed by atoms with Crippen molar-refractivity contribution in [1.82, 2.24) is 4.90 Å². The van der Waals surface area contributed by atoms with Crippen LogP contribution in [0.1, 0.15) is 47.5 Å². The van der Waals surface area contributed by atoms with Crippen molar-refractivity contribution in [3.63, 3.8) is 0 Å². The van der Waals surface area contributed by atoms with Gasteiger partial charge in [0, 0.05) is 19.0 Å². The van der Waals surface area contributed by atoms with Gasteiger partial charge in [0.25, 0.3) is 0 Å². The van der Waals surface area contributed by atoms with Crippen LogP contribution >= 0.6 is 0 Å². The van der Waals surface area contributed by atoms with E-state index in [1.807, 2.05) is 0 Å². The molecule has 1 aliphatic rings. The SMILES string of the molecule is CCC(C(=O)N1CCC(C)C1)C(C)(C)C. The molecule has 0 aliphatic carbocycles. The zero-order valence-electron chi connectivity index (χ0n) is 10.8. The van der Waals surface area contributed by atoms with Crippen LogP contribution in [0.2, 0.25) is 0 Å². The summed E-state index contributed by atoms with van der Waals surface area (Å²) in [5.74, 6) is 1.24. The Balaban J connectivity index is 2.66. The maximum atomic E-state index is 12.3. The van der Waals surface area contributed by atoms with Crippen LogP contribution in [0.4, 0.5) is 0 Å². The van der Waals surface area contributed by atoms with E-state index >= 15 is 0 Å². The first-order valence-corrected chi connectivity index (χ1v) is 6.15. The summed E-state index contributed by atoms with van der Waals surface area (Å²) in [6.07, 6.45) is 2.12. The third kappa shape index (κ3) is 2.96. The predicted molar refractivity (Wildman–Crippen MR) is 63.6 cm³/mol. The van der Waals surface area contributed by atoms with E-state index in [1.165, 1.54) is 6.42 Å². The van der Waals surface area contributed by atoms with Crippen LogP contribution in [0.3, 0.4) is 0 Å². The minimum atomic E-state index is 0.0949. The molecule has 2 heteroatoms. The van der Waals surface area contributed by atoms with E-state index in [1.54, 1.807) is 0 Å². The highest BCUT2D eigenvalue weighted by molar-refractivity contribution is 5.79. The average Bonchev–Trinajstić information content (AvgIpc) is 2.50. The van der Waals surface area contributed by atoms with Gasteiger partial charge >= 0.3 is 0 Å². The Hall–Kier alpha value is -0.530. The molecule has 0 N–H and O–H groups in total. The highest BCUT2D eigenvalue weighted by Crippen LogP contribution is 2.31. The van der Waals surface area contributed by atoms with Gasteiger partial charge in [-0.15, -0.1) is 0 Å². The molecule has 0 spiro atoms. The van der Waals surface area contributed by atoms with Crippen LogP contribution in [-0.4, -0.2) is 23.9 Å². The molecule has 2 atom stereocenters. The molecule has 1 rings (SSSR count). The zero-order valence-corrected chi connectivity index (χ0v) is 10.8. The molecule has 2 nitrogen and oxygen atoms in total. The van der Waals surface area contributed by atoms with Crippen LogP contribution in [0.15, 0.2) is 0 Å². The molecule has 0 aromatic heterocycles. The van der Waals surface area contributed by atoms with Crippen LogP contribution in [-0.2, 0) is 4.79 Å². The van der Waals surface area contributed by atoms with Gasteiger partial charge in [-0.25, -0.2) is 0 Å². The van der Waals surface area contributed by atoms with Gasteiger partial charge in [0.2, 0.25) is 5.91 Å². The van der Waals surface area contributed by atoms with E-state index < -0.39 is 0 Å². The largest absolute Gasteiger partial charge is 0.342 e. The Morgan fingerprint density at radius 2 is 2.07 bits per heavy atom. The van der Waals surface area contributed by atoms with Crippen LogP contribution in [0.5, 0.6) is 0 Å². The van der Waals surface area contributed by atoms with Crippen molar-refractivity contribution < 1.29 is 4.79 Å². The molecule has 0 radical (unpaired) electrons. The summed E-state index contributed by atoms with van der Waals surface area (Å²) in [5.41, 5.74) is 0.0949. The van der Waals surface area contributed by atoms with Gasteiger partial charge in [0.15, 0.2) is 0 Å². The predicted octanol–water partition coefficient (Wildman–Crippen LogP) is 2.93. The number of hydrogen-bond donors (Lipinski definition) is 0. The summed E-state index contributed by atoms with van der Waals surface area (Å²) in [5, 5.41) is 0. The Morgan fingerprint density at radius 1 is 1.47 bits per heavy atom. The topological polar surface area (TPSA) is 20.3 Å². The fourth-order valence-electron chi connectivity index (χ4n) is 2.51. The smallest absolute Gasteiger partial charge is 0.226 e. The molecule has 15 heavy (non-hydrogen) atoms. The third-order valence-electron chi connectivity index (χ3n) is 3.49. The molecule has 0 bridgehead atoms. The van der Waals surface area contributed by atoms with Gasteiger partial charge in [-0.05, 0) is 24.2 Å². The fourth-order valence-corrected chi connectivity index (χ4v) is 2.51. The maximum Gasteiger partial charge on any atom is 0.226 e. The van der Waals surface area contributed by atoms with E-state index in [0.29, 0.717) is 11.8 Å². The van der Waals surface area contributed by atoms with Crippen molar-refractivity contribution in [3.05, 3.63) is 0 Å². The molecule has 1 amide bonds. The minimum absolute atomic E-state index is 0.0949. The van der Waals surface area contributed by atoms with Gasteiger partial charge in [0.05, 0.1) is 0 Å². The molecule has 2 unspecified atom stereocenters. The van der Waals surface area contributed by atoms with Crippen molar-refractivity contribution in [3.8, 4) is 0 Å². The van der Waals surface area contributed by atoms with E-state index in [-0.39, 0.29) is 11.3 Å². The van der Waals surface area contributed by atoms with E-state index in [2.05, 4.69) is 39.5 Å².